The Hall–Kier alpha value is -2.53. The smallest absolute Gasteiger partial charge is 0.315 e. The van der Waals surface area contributed by atoms with Crippen molar-refractivity contribution in [3.05, 3.63) is 65.7 Å². The van der Waals surface area contributed by atoms with Crippen LogP contribution in [0.2, 0.25) is 0 Å². The highest BCUT2D eigenvalue weighted by Crippen LogP contribution is 2.19. The SMILES string of the molecule is CCOc1cccc(C(C)NC(=O)NC(CO)c2ccccc2)c1. The molecular weight excluding hydrogens is 304 g/mol. The minimum Gasteiger partial charge on any atom is -0.494 e. The van der Waals surface area contributed by atoms with Gasteiger partial charge in [-0.15, -0.1) is 0 Å². The Morgan fingerprint density at radius 2 is 1.79 bits per heavy atom. The van der Waals surface area contributed by atoms with Crippen LogP contribution in [0.15, 0.2) is 54.6 Å². The monoisotopic (exact) mass is 328 g/mol. The summed E-state index contributed by atoms with van der Waals surface area (Å²) < 4.78 is 5.48. The van der Waals surface area contributed by atoms with Gasteiger partial charge >= 0.3 is 6.03 Å². The number of carbonyl (C=O) groups is 1. The van der Waals surface area contributed by atoms with Crippen LogP contribution in [0.3, 0.4) is 0 Å². The number of ether oxygens (including phenoxy) is 1. The van der Waals surface area contributed by atoms with Crippen LogP contribution in [0.4, 0.5) is 4.79 Å². The van der Waals surface area contributed by atoms with E-state index in [1.165, 1.54) is 0 Å². The van der Waals surface area contributed by atoms with Crippen molar-refractivity contribution in [2.45, 2.75) is 25.9 Å². The molecule has 0 fully saturated rings. The first-order valence-corrected chi connectivity index (χ1v) is 8.09. The molecule has 2 amide bonds. The summed E-state index contributed by atoms with van der Waals surface area (Å²) in [5.41, 5.74) is 1.82. The first-order valence-electron chi connectivity index (χ1n) is 8.09. The van der Waals surface area contributed by atoms with Gasteiger partial charge in [-0.1, -0.05) is 42.5 Å². The van der Waals surface area contributed by atoms with Gasteiger partial charge in [0.2, 0.25) is 0 Å². The van der Waals surface area contributed by atoms with Gasteiger partial charge in [0.1, 0.15) is 5.75 Å². The van der Waals surface area contributed by atoms with E-state index in [0.717, 1.165) is 16.9 Å². The highest BCUT2D eigenvalue weighted by atomic mass is 16.5. The van der Waals surface area contributed by atoms with E-state index >= 15 is 0 Å². The van der Waals surface area contributed by atoms with Crippen LogP contribution in [0.5, 0.6) is 5.75 Å². The van der Waals surface area contributed by atoms with E-state index < -0.39 is 6.04 Å². The maximum atomic E-state index is 12.2. The number of aliphatic hydroxyl groups excluding tert-OH is 1. The fraction of sp³-hybridized carbons (Fsp3) is 0.316. The fourth-order valence-corrected chi connectivity index (χ4v) is 2.44. The van der Waals surface area contributed by atoms with Gasteiger partial charge in [0.25, 0.3) is 0 Å². The molecule has 24 heavy (non-hydrogen) atoms. The van der Waals surface area contributed by atoms with E-state index in [1.54, 1.807) is 0 Å². The number of hydrogen-bond acceptors (Lipinski definition) is 3. The second-order valence-corrected chi connectivity index (χ2v) is 5.49. The lowest BCUT2D eigenvalue weighted by Crippen LogP contribution is -2.40. The highest BCUT2D eigenvalue weighted by Gasteiger charge is 2.15. The molecule has 0 aliphatic rings. The molecule has 0 saturated carbocycles. The van der Waals surface area contributed by atoms with Crippen molar-refractivity contribution in [1.29, 1.82) is 0 Å². The molecule has 0 spiro atoms. The lowest BCUT2D eigenvalue weighted by molar-refractivity contribution is 0.214. The lowest BCUT2D eigenvalue weighted by Gasteiger charge is -2.20. The molecule has 0 saturated heterocycles. The van der Waals surface area contributed by atoms with Crippen LogP contribution in [-0.4, -0.2) is 24.4 Å². The molecule has 5 nitrogen and oxygen atoms in total. The summed E-state index contributed by atoms with van der Waals surface area (Å²) in [6.45, 7) is 4.27. The molecule has 128 valence electrons. The maximum Gasteiger partial charge on any atom is 0.315 e. The van der Waals surface area contributed by atoms with Crippen LogP contribution in [0.1, 0.15) is 37.1 Å². The topological polar surface area (TPSA) is 70.6 Å². The third kappa shape index (κ3) is 4.99. The van der Waals surface area contributed by atoms with E-state index in [-0.39, 0.29) is 18.7 Å². The molecular formula is C19H24N2O3. The lowest BCUT2D eigenvalue weighted by atomic mass is 10.1. The summed E-state index contributed by atoms with van der Waals surface area (Å²) in [5, 5.41) is 15.2. The summed E-state index contributed by atoms with van der Waals surface area (Å²) in [4.78, 5) is 12.2. The Kier molecular flexibility index (Phi) is 6.63. The van der Waals surface area contributed by atoms with E-state index in [0.29, 0.717) is 6.61 Å². The molecule has 0 heterocycles. The zero-order chi connectivity index (χ0) is 17.4. The van der Waals surface area contributed by atoms with E-state index in [2.05, 4.69) is 10.6 Å². The average molecular weight is 328 g/mol. The Labute approximate surface area is 142 Å². The molecule has 2 atom stereocenters. The molecule has 2 rings (SSSR count). The van der Waals surface area contributed by atoms with Crippen molar-refractivity contribution < 1.29 is 14.6 Å². The minimum absolute atomic E-state index is 0.161. The largest absolute Gasteiger partial charge is 0.494 e. The normalized spacial score (nSPS) is 13.0. The standard InChI is InChI=1S/C19H24N2O3/c1-3-24-17-11-7-10-16(12-17)14(2)20-19(23)21-18(13-22)15-8-5-4-6-9-15/h4-12,14,18,22H,3,13H2,1-2H3,(H2,20,21,23). The Bertz CT molecular complexity index is 646. The van der Waals surface area contributed by atoms with Crippen LogP contribution in [-0.2, 0) is 0 Å². The molecule has 5 heteroatoms. The molecule has 2 aromatic rings. The molecule has 0 radical (unpaired) electrons. The van der Waals surface area contributed by atoms with Crippen molar-refractivity contribution in [2.24, 2.45) is 0 Å². The van der Waals surface area contributed by atoms with Crippen molar-refractivity contribution in [1.82, 2.24) is 10.6 Å². The van der Waals surface area contributed by atoms with Gasteiger partial charge in [0, 0.05) is 0 Å². The van der Waals surface area contributed by atoms with Gasteiger partial charge in [-0.05, 0) is 37.1 Å². The van der Waals surface area contributed by atoms with E-state index in [4.69, 9.17) is 4.74 Å². The number of rotatable bonds is 7. The summed E-state index contributed by atoms with van der Waals surface area (Å²) in [5.74, 6) is 0.779. The number of carbonyl (C=O) groups excluding carboxylic acids is 1. The predicted molar refractivity (Wildman–Crippen MR) is 94.0 cm³/mol. The summed E-state index contributed by atoms with van der Waals surface area (Å²) in [6, 6.07) is 16.1. The minimum atomic E-state index is -0.437. The van der Waals surface area contributed by atoms with Crippen molar-refractivity contribution in [3.8, 4) is 5.75 Å². The maximum absolute atomic E-state index is 12.2. The quantitative estimate of drug-likeness (QED) is 0.731. The predicted octanol–water partition coefficient (Wildman–Crippen LogP) is 3.18. The zero-order valence-electron chi connectivity index (χ0n) is 14.0. The van der Waals surface area contributed by atoms with Crippen molar-refractivity contribution in [3.63, 3.8) is 0 Å². The van der Waals surface area contributed by atoms with E-state index in [1.807, 2.05) is 68.4 Å². The first kappa shape index (κ1) is 17.8. The average Bonchev–Trinajstić information content (AvgIpc) is 2.61. The summed E-state index contributed by atoms with van der Waals surface area (Å²) in [7, 11) is 0. The number of amides is 2. The van der Waals surface area contributed by atoms with Crippen LogP contribution in [0.25, 0.3) is 0 Å². The second kappa shape index (κ2) is 8.93. The molecule has 2 aromatic carbocycles. The highest BCUT2D eigenvalue weighted by molar-refractivity contribution is 5.75. The van der Waals surface area contributed by atoms with Crippen molar-refractivity contribution >= 4 is 6.03 Å². The second-order valence-electron chi connectivity index (χ2n) is 5.49. The van der Waals surface area contributed by atoms with Gasteiger partial charge in [-0.2, -0.15) is 0 Å². The number of hydrogen-bond donors (Lipinski definition) is 3. The molecule has 2 unspecified atom stereocenters. The molecule has 3 N–H and O–H groups in total. The van der Waals surface area contributed by atoms with Gasteiger partial charge in [-0.3, -0.25) is 0 Å². The first-order chi connectivity index (χ1) is 11.6. The fourth-order valence-electron chi connectivity index (χ4n) is 2.44. The van der Waals surface area contributed by atoms with E-state index in [9.17, 15) is 9.90 Å². The Balaban J connectivity index is 1.97. The number of nitrogens with one attached hydrogen (secondary N) is 2. The van der Waals surface area contributed by atoms with Crippen LogP contribution in [0, 0.1) is 0 Å². The van der Waals surface area contributed by atoms with Gasteiger partial charge < -0.3 is 20.5 Å². The van der Waals surface area contributed by atoms with Crippen molar-refractivity contribution in [2.75, 3.05) is 13.2 Å². The Morgan fingerprint density at radius 1 is 1.08 bits per heavy atom. The Morgan fingerprint density at radius 3 is 2.46 bits per heavy atom. The zero-order valence-corrected chi connectivity index (χ0v) is 14.0. The number of benzene rings is 2. The van der Waals surface area contributed by atoms with Gasteiger partial charge in [0.05, 0.1) is 25.3 Å². The summed E-state index contributed by atoms with van der Waals surface area (Å²) >= 11 is 0. The van der Waals surface area contributed by atoms with Gasteiger partial charge in [0.15, 0.2) is 0 Å². The van der Waals surface area contributed by atoms with Gasteiger partial charge in [-0.25, -0.2) is 4.79 Å². The third-order valence-electron chi connectivity index (χ3n) is 3.71. The molecule has 0 aromatic heterocycles. The number of aliphatic hydroxyl groups is 1. The molecule has 0 aliphatic carbocycles. The summed E-state index contributed by atoms with van der Waals surface area (Å²) in [6.07, 6.45) is 0. The molecule has 0 aliphatic heterocycles. The number of urea groups is 1. The third-order valence-corrected chi connectivity index (χ3v) is 3.71. The van der Waals surface area contributed by atoms with Crippen LogP contribution < -0.4 is 15.4 Å². The van der Waals surface area contributed by atoms with Crippen LogP contribution >= 0.6 is 0 Å². The molecule has 0 bridgehead atoms.